The fourth-order valence-corrected chi connectivity index (χ4v) is 18.1. The minimum atomic E-state index is -1.75. The van der Waals surface area contributed by atoms with E-state index in [1.54, 1.807) is 159 Å². The zero-order valence-electron chi connectivity index (χ0n) is 70.4. The number of hydrogen-bond donors (Lipinski definition) is 4. The number of hydrogen-bond acceptors (Lipinski definition) is 26. The van der Waals surface area contributed by atoms with Crippen LogP contribution in [0.1, 0.15) is 210 Å². The van der Waals surface area contributed by atoms with Crippen molar-refractivity contribution in [3.63, 3.8) is 0 Å². The first-order valence-electron chi connectivity index (χ1n) is 40.9. The third kappa shape index (κ3) is 23.0. The van der Waals surface area contributed by atoms with Gasteiger partial charge in [-0.3, -0.25) is 24.0 Å². The van der Waals surface area contributed by atoms with Crippen LogP contribution in [0.15, 0.2) is 252 Å². The van der Waals surface area contributed by atoms with E-state index in [1.807, 2.05) is 123 Å². The van der Waals surface area contributed by atoms with Crippen LogP contribution in [-0.2, 0) is 29.2 Å². The molecular weight excluding hydrogens is 1710 g/mol. The first-order valence-corrected chi connectivity index (χ1v) is 45.3. The maximum Gasteiger partial charge on any atom is 1.00 e. The largest absolute Gasteiger partial charge is 1.00 e. The molecule has 24 nitrogen and oxygen atoms in total. The standard InChI is InChI=1S/2C22H20N2O3S.C22H20N2O2S.C15H12O4.C7H10N2S.C4H3NOS.C3H7N.CH3O.CH4.Na/c1-27-16-9-10-17-18(13-16)22(26,14-5-3-2-4-6-14)19(20-23-11-12-28-20)24(21(17)25)15-7-8-15;1-27-17-9-10-18(19(13-17)21(25)15-5-3-2-4-6-15)22(26)24(16-7-8-16)14-20-23-11-12-28-20;1-26-16-9-10-17-18(13-16)19(14-5-3-2-4-6-14)20(21-23-11-12-27-21)24(22(17)25)15-7-8-15;1-18-11-7-8-12-13(9-11)15(17,19-14(12)16)10-5-3-2-4-6-10;1-2-6(1)9-5-7-8-3-4-10-7;6-3-4-5-1-2-7-4;4-3-1-2-3;1-2;;/h2-6,9-13,15,19,26H,7-8H2,1H3;2-6,9-13,16H,7-8,14H2,1H3;2-6,9-13,15,19-20H,7-8H2,1H3;2-9,17H,1H3;3-4,6,9H,1-2,5H2;1-3H;3H,1-2,4H2;1H3;1H4;/q;;;;;;;-1;;+1. The van der Waals surface area contributed by atoms with E-state index >= 15 is 0 Å². The predicted octanol–water partition coefficient (Wildman–Crippen LogP) is 13.7. The SMILES string of the molecule is C.COc1ccc(C(=O)N(Cc2nccs2)C2CC2)c(C(=O)c2ccccc2)c1.COc1ccc2c(c1)C(O)(c1ccccc1)C(c1nccs1)N(C1CC1)C2=O.COc1ccc2c(c1)C(O)(c1ccccc1)OC2=O.COc1ccc2c(c1)C(c1ccccc1)C(c1nccs1)N(C1CC1)C2=O.C[O-].NC1CC1.O=Cc1nccs1.[Na+].c1csc(CNC2CC2)n1. The van der Waals surface area contributed by atoms with Gasteiger partial charge < -0.3 is 64.8 Å². The Labute approximate surface area is 780 Å². The number of aliphatic hydroxyl groups is 2. The zero-order valence-corrected chi connectivity index (χ0v) is 76.5. The van der Waals surface area contributed by atoms with Crippen molar-refractivity contribution in [3.8, 4) is 23.0 Å². The Morgan fingerprint density at radius 2 is 1.03 bits per heavy atom. The summed E-state index contributed by atoms with van der Waals surface area (Å²) in [6.07, 6.45) is 20.7. The number of esters is 1. The van der Waals surface area contributed by atoms with E-state index in [0.29, 0.717) is 85.4 Å². The molecule has 3 amide bonds. The molecule has 8 heterocycles. The van der Waals surface area contributed by atoms with Gasteiger partial charge in [0.15, 0.2) is 17.1 Å². The van der Waals surface area contributed by atoms with Gasteiger partial charge in [-0.1, -0.05) is 129 Å². The van der Waals surface area contributed by atoms with Crippen LogP contribution in [0.3, 0.4) is 0 Å². The van der Waals surface area contributed by atoms with Crippen molar-refractivity contribution in [1.82, 2.24) is 44.9 Å². The van der Waals surface area contributed by atoms with Gasteiger partial charge in [-0.2, -0.15) is 7.11 Å². The third-order valence-electron chi connectivity index (χ3n) is 21.9. The van der Waals surface area contributed by atoms with Gasteiger partial charge in [0.2, 0.25) is 0 Å². The van der Waals surface area contributed by atoms with E-state index < -0.39 is 23.4 Å². The van der Waals surface area contributed by atoms with Gasteiger partial charge in [0.1, 0.15) is 54.7 Å². The minimum Gasteiger partial charge on any atom is -0.857 e. The molecule has 0 saturated heterocycles. The first kappa shape index (κ1) is 95.2. The monoisotopic (exact) mass is 1810 g/mol. The van der Waals surface area contributed by atoms with Gasteiger partial charge in [0, 0.05) is 140 Å². The average Bonchev–Trinajstić information content (AvgIpc) is 1.69. The number of thiazole rings is 5. The molecule has 13 aromatic rings. The number of carbonyl (C=O) groups excluding carboxylic acids is 6. The molecule has 0 radical (unpaired) electrons. The van der Waals surface area contributed by atoms with Crippen LogP contribution in [0.2, 0.25) is 0 Å². The van der Waals surface area contributed by atoms with Crippen LogP contribution in [0.4, 0.5) is 0 Å². The number of rotatable bonds is 21. The van der Waals surface area contributed by atoms with Crippen LogP contribution < -0.4 is 64.7 Å². The molecule has 5 atom stereocenters. The molecule has 652 valence electrons. The second-order valence-corrected chi connectivity index (χ2v) is 35.0. The maximum atomic E-state index is 13.5. The number of aldehydes is 1. The summed E-state index contributed by atoms with van der Waals surface area (Å²) in [7, 11) is 7.08. The number of nitrogens with zero attached hydrogens (tertiary/aromatic N) is 8. The molecule has 5 aliphatic carbocycles. The molecule has 8 aliphatic rings. The summed E-state index contributed by atoms with van der Waals surface area (Å²) < 4.78 is 26.5. The second kappa shape index (κ2) is 44.7. The molecule has 0 spiro atoms. The molecule has 21 rings (SSSR count). The molecule has 8 aromatic carbocycles. The predicted molar refractivity (Wildman–Crippen MR) is 487 cm³/mol. The van der Waals surface area contributed by atoms with Crippen molar-refractivity contribution in [2.24, 2.45) is 5.73 Å². The summed E-state index contributed by atoms with van der Waals surface area (Å²) in [5.41, 5.74) is 11.2. The van der Waals surface area contributed by atoms with Crippen molar-refractivity contribution in [2.75, 3.05) is 35.5 Å². The summed E-state index contributed by atoms with van der Waals surface area (Å²) in [6.45, 7) is 1.43. The summed E-state index contributed by atoms with van der Waals surface area (Å²) >= 11 is 7.69. The van der Waals surface area contributed by atoms with Crippen molar-refractivity contribution >= 4 is 92.4 Å². The Hall–Kier alpha value is -10.9. The van der Waals surface area contributed by atoms with Gasteiger partial charge in [0.25, 0.3) is 23.5 Å². The Bertz CT molecular complexity index is 5720. The van der Waals surface area contributed by atoms with Gasteiger partial charge in [-0.25, -0.2) is 29.7 Å². The topological polar surface area (TPSA) is 324 Å². The number of benzene rings is 8. The number of aromatic nitrogens is 5. The van der Waals surface area contributed by atoms with Gasteiger partial charge in [-0.15, -0.1) is 56.7 Å². The number of nitrogens with two attached hydrogens (primary N) is 1. The van der Waals surface area contributed by atoms with Gasteiger partial charge >= 0.3 is 35.5 Å². The average molecular weight is 1810 g/mol. The van der Waals surface area contributed by atoms with Crippen LogP contribution in [0, 0.1) is 0 Å². The Balaban J connectivity index is 0.000000142. The number of amides is 3. The fourth-order valence-electron chi connectivity index (χ4n) is 14.9. The molecule has 5 saturated carbocycles. The Kier molecular flexibility index (Phi) is 33.5. The zero-order chi connectivity index (χ0) is 87.6. The summed E-state index contributed by atoms with van der Waals surface area (Å²) in [6, 6.07) is 60.3. The molecule has 5 N–H and O–H groups in total. The van der Waals surface area contributed by atoms with Crippen molar-refractivity contribution < 1.29 is 97.3 Å². The Morgan fingerprint density at radius 1 is 0.543 bits per heavy atom. The number of nitrogens with one attached hydrogen (secondary N) is 1. The quantitative estimate of drug-likeness (QED) is 0.0225. The van der Waals surface area contributed by atoms with E-state index in [1.165, 1.54) is 77.4 Å². The number of methoxy groups -OCH3 is 4. The maximum absolute atomic E-state index is 13.5. The van der Waals surface area contributed by atoms with Gasteiger partial charge in [-0.05, 0) is 154 Å². The van der Waals surface area contributed by atoms with Gasteiger partial charge in [0.05, 0.1) is 52.2 Å². The minimum absolute atomic E-state index is 0. The van der Waals surface area contributed by atoms with Crippen LogP contribution in [0.5, 0.6) is 23.0 Å². The number of cyclic esters (lactones) is 1. The number of carbonyl (C=O) groups is 6. The molecular formula is C97H99N10NaO14S5. The number of ketones is 1. The summed E-state index contributed by atoms with van der Waals surface area (Å²) in [4.78, 5) is 102. The summed E-state index contributed by atoms with van der Waals surface area (Å²) in [5.74, 6) is -0.0119. The molecule has 30 heteroatoms. The van der Waals surface area contributed by atoms with E-state index in [0.717, 1.165) is 102 Å². The van der Waals surface area contributed by atoms with E-state index in [4.69, 9.17) is 34.5 Å². The molecule has 5 aromatic heterocycles. The van der Waals surface area contributed by atoms with Crippen molar-refractivity contribution in [1.29, 1.82) is 0 Å². The molecule has 127 heavy (non-hydrogen) atoms. The van der Waals surface area contributed by atoms with E-state index in [9.17, 15) is 39.0 Å². The normalized spacial score (nSPS) is 18.7. The third-order valence-corrected chi connectivity index (χ3v) is 25.8. The van der Waals surface area contributed by atoms with Crippen LogP contribution in [0.25, 0.3) is 0 Å². The molecule has 0 bridgehead atoms. The smallest absolute Gasteiger partial charge is 0.857 e. The van der Waals surface area contributed by atoms with Crippen molar-refractivity contribution in [3.05, 3.63) is 344 Å². The van der Waals surface area contributed by atoms with E-state index in [-0.39, 0.29) is 84.5 Å². The second-order valence-electron chi connectivity index (χ2n) is 30.3. The summed E-state index contributed by atoms with van der Waals surface area (Å²) in [5, 5.41) is 48.6. The number of fused-ring (bicyclic) bond motifs is 3. The number of ether oxygens (including phenoxy) is 5. The molecule has 3 aliphatic heterocycles. The fraction of sp³-hybridized carbons (Fsp3) is 0.289. The first-order chi connectivity index (χ1) is 61.0. The van der Waals surface area contributed by atoms with Crippen LogP contribution >= 0.6 is 56.7 Å². The Morgan fingerprint density at radius 3 is 1.55 bits per heavy atom. The molecule has 5 unspecified atom stereocenters. The van der Waals surface area contributed by atoms with Crippen molar-refractivity contribution in [2.45, 2.75) is 144 Å². The van der Waals surface area contributed by atoms with E-state index in [2.05, 4.69) is 59.4 Å². The molecule has 5 fully saturated rings. The van der Waals surface area contributed by atoms with Crippen LogP contribution in [-0.4, -0.2) is 151 Å².